The molecule has 4 nitrogen and oxygen atoms in total. The number of piperazine rings is 1. The Balaban J connectivity index is 1.87. The molecule has 17 heavy (non-hydrogen) atoms. The summed E-state index contributed by atoms with van der Waals surface area (Å²) in [6.45, 7) is 3.29. The average Bonchev–Trinajstić information content (AvgIpc) is 2.68. The molecular weight excluding hydrogens is 238 g/mol. The number of nitrogens with one attached hydrogen (secondary N) is 1. The van der Waals surface area contributed by atoms with E-state index in [0.29, 0.717) is 5.02 Å². The van der Waals surface area contributed by atoms with Gasteiger partial charge >= 0.3 is 6.03 Å². The summed E-state index contributed by atoms with van der Waals surface area (Å²) >= 11 is 5.96. The van der Waals surface area contributed by atoms with Crippen molar-refractivity contribution in [3.8, 4) is 0 Å². The van der Waals surface area contributed by atoms with E-state index < -0.39 is 0 Å². The van der Waals surface area contributed by atoms with Crippen LogP contribution in [-0.2, 0) is 0 Å². The van der Waals surface area contributed by atoms with Gasteiger partial charge in [0.2, 0.25) is 0 Å². The smallest absolute Gasteiger partial charge is 0.317 e. The summed E-state index contributed by atoms with van der Waals surface area (Å²) in [5.41, 5.74) is 0.886. The lowest BCUT2D eigenvalue weighted by molar-refractivity contribution is 0.193. The molecule has 0 spiro atoms. The first-order valence-corrected chi connectivity index (χ1v) is 6.18. The molecule has 0 saturated carbocycles. The highest BCUT2D eigenvalue weighted by molar-refractivity contribution is 6.30. The van der Waals surface area contributed by atoms with Gasteiger partial charge in [-0.2, -0.15) is 0 Å². The second-order valence-electron chi connectivity index (χ2n) is 4.42. The molecule has 1 unspecified atom stereocenters. The number of hydrogen-bond donors (Lipinski definition) is 1. The Kier molecular flexibility index (Phi) is 2.68. The van der Waals surface area contributed by atoms with Gasteiger partial charge in [0.1, 0.15) is 0 Å². The highest BCUT2D eigenvalue weighted by atomic mass is 35.5. The predicted octanol–water partition coefficient (Wildman–Crippen LogP) is 1.55. The fraction of sp³-hybridized carbons (Fsp3) is 0.417. The van der Waals surface area contributed by atoms with Crippen molar-refractivity contribution in [2.75, 3.05) is 31.1 Å². The molecular formula is C12H14ClN3O. The molecule has 0 radical (unpaired) electrons. The Bertz CT molecular complexity index is 451. The molecule has 1 aromatic carbocycles. The molecule has 0 aliphatic carbocycles. The number of anilines is 1. The zero-order valence-corrected chi connectivity index (χ0v) is 10.2. The van der Waals surface area contributed by atoms with Crippen LogP contribution < -0.4 is 10.2 Å². The summed E-state index contributed by atoms with van der Waals surface area (Å²) in [7, 11) is 0. The van der Waals surface area contributed by atoms with Crippen molar-refractivity contribution in [2.24, 2.45) is 0 Å². The van der Waals surface area contributed by atoms with Crippen molar-refractivity contribution in [1.29, 1.82) is 0 Å². The van der Waals surface area contributed by atoms with Crippen LogP contribution in [0.25, 0.3) is 0 Å². The van der Waals surface area contributed by atoms with E-state index in [4.69, 9.17) is 11.6 Å². The van der Waals surface area contributed by atoms with Gasteiger partial charge in [-0.05, 0) is 18.2 Å². The summed E-state index contributed by atoms with van der Waals surface area (Å²) in [5.74, 6) is 0. The van der Waals surface area contributed by atoms with Crippen LogP contribution in [0.3, 0.4) is 0 Å². The molecule has 0 aromatic heterocycles. The Morgan fingerprint density at radius 3 is 3.06 bits per heavy atom. The highest BCUT2D eigenvalue weighted by Gasteiger charge is 2.38. The largest absolute Gasteiger partial charge is 0.324 e. The van der Waals surface area contributed by atoms with Crippen LogP contribution in [0.2, 0.25) is 5.02 Å². The van der Waals surface area contributed by atoms with Crippen molar-refractivity contribution < 1.29 is 4.79 Å². The van der Waals surface area contributed by atoms with E-state index >= 15 is 0 Å². The first-order chi connectivity index (χ1) is 8.25. The maximum absolute atomic E-state index is 12.2. The number of benzene rings is 1. The van der Waals surface area contributed by atoms with Crippen molar-refractivity contribution >= 4 is 23.3 Å². The first-order valence-electron chi connectivity index (χ1n) is 5.80. The molecule has 2 amide bonds. The van der Waals surface area contributed by atoms with Gasteiger partial charge in [0.05, 0.1) is 6.04 Å². The fourth-order valence-corrected chi connectivity index (χ4v) is 2.66. The third-order valence-electron chi connectivity index (χ3n) is 3.34. The van der Waals surface area contributed by atoms with Gasteiger partial charge in [0, 0.05) is 36.9 Å². The SMILES string of the molecule is O=C1N(c2cccc(Cl)c2)CC2CNCCN12. The van der Waals surface area contributed by atoms with E-state index in [1.165, 1.54) is 0 Å². The van der Waals surface area contributed by atoms with Crippen molar-refractivity contribution in [3.63, 3.8) is 0 Å². The van der Waals surface area contributed by atoms with Gasteiger partial charge in [-0.1, -0.05) is 17.7 Å². The van der Waals surface area contributed by atoms with E-state index in [1.807, 2.05) is 34.1 Å². The summed E-state index contributed by atoms with van der Waals surface area (Å²) < 4.78 is 0. The average molecular weight is 252 g/mol. The second kappa shape index (κ2) is 4.20. The van der Waals surface area contributed by atoms with Gasteiger partial charge in [-0.15, -0.1) is 0 Å². The van der Waals surface area contributed by atoms with Crippen molar-refractivity contribution in [3.05, 3.63) is 29.3 Å². The van der Waals surface area contributed by atoms with Crippen LogP contribution in [0.5, 0.6) is 0 Å². The number of nitrogens with zero attached hydrogens (tertiary/aromatic N) is 2. The van der Waals surface area contributed by atoms with Crippen LogP contribution in [0, 0.1) is 0 Å². The normalized spacial score (nSPS) is 24.1. The van der Waals surface area contributed by atoms with E-state index in [0.717, 1.165) is 31.9 Å². The quantitative estimate of drug-likeness (QED) is 0.822. The van der Waals surface area contributed by atoms with E-state index in [1.54, 1.807) is 0 Å². The molecule has 5 heteroatoms. The monoisotopic (exact) mass is 251 g/mol. The Labute approximate surface area is 105 Å². The molecule has 1 atom stereocenters. The summed E-state index contributed by atoms with van der Waals surface area (Å²) in [4.78, 5) is 16.0. The Morgan fingerprint density at radius 1 is 1.41 bits per heavy atom. The Hall–Kier alpha value is -1.26. The molecule has 2 heterocycles. The number of urea groups is 1. The van der Waals surface area contributed by atoms with Crippen molar-refractivity contribution in [1.82, 2.24) is 10.2 Å². The van der Waals surface area contributed by atoms with Gasteiger partial charge < -0.3 is 10.2 Å². The molecule has 90 valence electrons. The van der Waals surface area contributed by atoms with E-state index in [2.05, 4.69) is 5.32 Å². The zero-order chi connectivity index (χ0) is 11.8. The molecule has 2 fully saturated rings. The van der Waals surface area contributed by atoms with E-state index in [9.17, 15) is 4.79 Å². The summed E-state index contributed by atoms with van der Waals surface area (Å²) in [6.07, 6.45) is 0. The third-order valence-corrected chi connectivity index (χ3v) is 3.58. The number of fused-ring (bicyclic) bond motifs is 1. The maximum atomic E-state index is 12.2. The van der Waals surface area contributed by atoms with Crippen LogP contribution in [0.15, 0.2) is 24.3 Å². The van der Waals surface area contributed by atoms with Crippen LogP contribution in [-0.4, -0.2) is 43.2 Å². The highest BCUT2D eigenvalue weighted by Crippen LogP contribution is 2.26. The minimum atomic E-state index is 0.0961. The number of carbonyl (C=O) groups excluding carboxylic acids is 1. The lowest BCUT2D eigenvalue weighted by Crippen LogP contribution is -2.49. The first kappa shape index (κ1) is 10.9. The second-order valence-corrected chi connectivity index (χ2v) is 4.86. The minimum Gasteiger partial charge on any atom is -0.317 e. The van der Waals surface area contributed by atoms with Crippen LogP contribution in [0.4, 0.5) is 10.5 Å². The minimum absolute atomic E-state index is 0.0961. The number of carbonyl (C=O) groups is 1. The Morgan fingerprint density at radius 2 is 2.29 bits per heavy atom. The molecule has 2 saturated heterocycles. The van der Waals surface area contributed by atoms with Gasteiger partial charge in [0.25, 0.3) is 0 Å². The van der Waals surface area contributed by atoms with Crippen LogP contribution in [0.1, 0.15) is 0 Å². The number of halogens is 1. The van der Waals surface area contributed by atoms with E-state index in [-0.39, 0.29) is 12.1 Å². The molecule has 1 aromatic rings. The molecule has 0 bridgehead atoms. The lowest BCUT2D eigenvalue weighted by atomic mass is 10.2. The maximum Gasteiger partial charge on any atom is 0.324 e. The predicted molar refractivity (Wildman–Crippen MR) is 67.6 cm³/mol. The summed E-state index contributed by atoms with van der Waals surface area (Å²) in [5, 5.41) is 3.98. The topological polar surface area (TPSA) is 35.6 Å². The van der Waals surface area contributed by atoms with Gasteiger partial charge in [-0.25, -0.2) is 4.79 Å². The number of amides is 2. The summed E-state index contributed by atoms with van der Waals surface area (Å²) in [6, 6.07) is 7.84. The molecule has 2 aliphatic rings. The van der Waals surface area contributed by atoms with Crippen molar-refractivity contribution in [2.45, 2.75) is 6.04 Å². The van der Waals surface area contributed by atoms with Crippen LogP contribution >= 0.6 is 11.6 Å². The molecule has 1 N–H and O–H groups in total. The lowest BCUT2D eigenvalue weighted by Gasteiger charge is -2.28. The van der Waals surface area contributed by atoms with Gasteiger partial charge in [0.15, 0.2) is 0 Å². The number of hydrogen-bond acceptors (Lipinski definition) is 2. The standard InChI is InChI=1S/C12H14ClN3O/c13-9-2-1-3-10(6-9)16-8-11-7-14-4-5-15(11)12(16)17/h1-3,6,11,14H,4-5,7-8H2. The number of rotatable bonds is 1. The fourth-order valence-electron chi connectivity index (χ4n) is 2.48. The molecule has 3 rings (SSSR count). The van der Waals surface area contributed by atoms with Gasteiger partial charge in [-0.3, -0.25) is 4.90 Å². The third kappa shape index (κ3) is 1.87. The molecule has 2 aliphatic heterocycles. The zero-order valence-electron chi connectivity index (χ0n) is 9.40.